The molecule has 0 bridgehead atoms. The fourth-order valence-corrected chi connectivity index (χ4v) is 6.07. The quantitative estimate of drug-likeness (QED) is 0.698. The topological polar surface area (TPSA) is 79.4 Å². The molecule has 0 atom stereocenters. The lowest BCUT2D eigenvalue weighted by Crippen LogP contribution is -2.36. The van der Waals surface area contributed by atoms with Gasteiger partial charge < -0.3 is 0 Å². The molecular formula is C20H21N3O3S2. The van der Waals surface area contributed by atoms with Crippen LogP contribution in [0, 0.1) is 6.92 Å². The van der Waals surface area contributed by atoms with Gasteiger partial charge in [-0.15, -0.1) is 0 Å². The predicted octanol–water partition coefficient (Wildman–Crippen LogP) is 4.03. The molecule has 1 saturated heterocycles. The van der Waals surface area contributed by atoms with Crippen LogP contribution in [0.15, 0.2) is 47.4 Å². The molecule has 146 valence electrons. The number of hydrogen-bond donors (Lipinski definition) is 1. The first-order valence-corrected chi connectivity index (χ1v) is 11.5. The summed E-state index contributed by atoms with van der Waals surface area (Å²) in [5.74, 6) is -0.465. The molecule has 4 rings (SSSR count). The molecule has 2 heterocycles. The van der Waals surface area contributed by atoms with E-state index in [1.807, 2.05) is 25.1 Å². The standard InChI is InChI=1S/C20H21N3O3S2/c1-14-8-7-10-16-18(14)21-20(27-16)22-19(24)15-9-3-4-11-17(15)28(25,26)23-12-5-2-6-13-23/h3-4,7-11H,2,5-6,12-13H2,1H3,(H,21,22,24). The molecule has 8 heteroatoms. The number of benzene rings is 2. The van der Waals surface area contributed by atoms with Gasteiger partial charge in [0, 0.05) is 13.1 Å². The maximum Gasteiger partial charge on any atom is 0.258 e. The number of thiazole rings is 1. The van der Waals surface area contributed by atoms with Crippen LogP contribution in [0.1, 0.15) is 35.2 Å². The van der Waals surface area contributed by atoms with Crippen molar-refractivity contribution in [1.29, 1.82) is 0 Å². The summed E-state index contributed by atoms with van der Waals surface area (Å²) in [6, 6.07) is 12.2. The summed E-state index contributed by atoms with van der Waals surface area (Å²) in [5.41, 5.74) is 2.02. The second-order valence-corrected chi connectivity index (χ2v) is 9.79. The smallest absolute Gasteiger partial charge is 0.258 e. The number of sulfonamides is 1. The van der Waals surface area contributed by atoms with Gasteiger partial charge in [0.2, 0.25) is 10.0 Å². The van der Waals surface area contributed by atoms with Gasteiger partial charge in [-0.3, -0.25) is 10.1 Å². The van der Waals surface area contributed by atoms with E-state index in [2.05, 4.69) is 10.3 Å². The van der Waals surface area contributed by atoms with E-state index in [-0.39, 0.29) is 10.5 Å². The van der Waals surface area contributed by atoms with Crippen LogP contribution in [-0.4, -0.2) is 36.7 Å². The zero-order chi connectivity index (χ0) is 19.7. The number of para-hydroxylation sites is 1. The highest BCUT2D eigenvalue weighted by atomic mass is 32.2. The highest BCUT2D eigenvalue weighted by molar-refractivity contribution is 7.89. The van der Waals surface area contributed by atoms with Gasteiger partial charge in [-0.2, -0.15) is 4.31 Å². The average molecular weight is 416 g/mol. The second kappa shape index (κ2) is 7.62. The normalized spacial score (nSPS) is 15.6. The molecule has 1 fully saturated rings. The van der Waals surface area contributed by atoms with Gasteiger partial charge in [0.1, 0.15) is 0 Å². The van der Waals surface area contributed by atoms with E-state index >= 15 is 0 Å². The summed E-state index contributed by atoms with van der Waals surface area (Å²) in [7, 11) is -3.71. The number of hydrogen-bond acceptors (Lipinski definition) is 5. The van der Waals surface area contributed by atoms with Crippen LogP contribution in [0.25, 0.3) is 10.2 Å². The first kappa shape index (κ1) is 19.0. The molecule has 0 aliphatic carbocycles. The fourth-order valence-electron chi connectivity index (χ4n) is 3.43. The maximum atomic E-state index is 13.1. The van der Waals surface area contributed by atoms with Crippen LogP contribution < -0.4 is 5.32 Å². The van der Waals surface area contributed by atoms with Crippen molar-refractivity contribution in [2.45, 2.75) is 31.1 Å². The van der Waals surface area contributed by atoms with Gasteiger partial charge in [0.15, 0.2) is 5.13 Å². The number of anilines is 1. The number of amides is 1. The third kappa shape index (κ3) is 3.55. The Bertz CT molecular complexity index is 1130. The number of piperidine rings is 1. The van der Waals surface area contributed by atoms with Crippen molar-refractivity contribution in [3.63, 3.8) is 0 Å². The lowest BCUT2D eigenvalue weighted by atomic mass is 10.2. The molecule has 6 nitrogen and oxygen atoms in total. The van der Waals surface area contributed by atoms with E-state index in [1.54, 1.807) is 18.2 Å². The lowest BCUT2D eigenvalue weighted by Gasteiger charge is -2.26. The zero-order valence-corrected chi connectivity index (χ0v) is 17.1. The third-order valence-electron chi connectivity index (χ3n) is 4.91. The third-order valence-corrected chi connectivity index (χ3v) is 7.80. The minimum atomic E-state index is -3.71. The van der Waals surface area contributed by atoms with Crippen molar-refractivity contribution in [2.24, 2.45) is 0 Å². The number of carbonyl (C=O) groups excluding carboxylic acids is 1. The molecule has 0 unspecified atom stereocenters. The lowest BCUT2D eigenvalue weighted by molar-refractivity contribution is 0.102. The summed E-state index contributed by atoms with van der Waals surface area (Å²) in [4.78, 5) is 17.4. The summed E-state index contributed by atoms with van der Waals surface area (Å²) < 4.78 is 28.6. The molecule has 1 aromatic heterocycles. The number of aryl methyl sites for hydroxylation is 1. The number of nitrogens with one attached hydrogen (secondary N) is 1. The molecule has 0 spiro atoms. The molecule has 0 radical (unpaired) electrons. The van der Waals surface area contributed by atoms with E-state index in [0.717, 1.165) is 35.0 Å². The Kier molecular flexibility index (Phi) is 5.18. The van der Waals surface area contributed by atoms with Gasteiger partial charge in [-0.1, -0.05) is 42.0 Å². The molecule has 1 N–H and O–H groups in total. The van der Waals surface area contributed by atoms with Crippen molar-refractivity contribution in [3.05, 3.63) is 53.6 Å². The number of fused-ring (bicyclic) bond motifs is 1. The largest absolute Gasteiger partial charge is 0.298 e. The number of rotatable bonds is 4. The molecule has 3 aromatic rings. The monoisotopic (exact) mass is 415 g/mol. The van der Waals surface area contributed by atoms with E-state index in [4.69, 9.17) is 0 Å². The summed E-state index contributed by atoms with van der Waals surface area (Å²) in [6.45, 7) is 2.96. The molecule has 1 aliphatic heterocycles. The Hall–Kier alpha value is -2.29. The van der Waals surface area contributed by atoms with Crippen LogP contribution in [-0.2, 0) is 10.0 Å². The fraction of sp³-hybridized carbons (Fsp3) is 0.300. The Balaban J connectivity index is 1.65. The van der Waals surface area contributed by atoms with Gasteiger partial charge in [0.05, 0.1) is 20.7 Å². The van der Waals surface area contributed by atoms with Crippen LogP contribution in [0.4, 0.5) is 5.13 Å². The average Bonchev–Trinajstić information content (AvgIpc) is 3.12. The molecular weight excluding hydrogens is 394 g/mol. The van der Waals surface area contributed by atoms with E-state index in [0.29, 0.717) is 18.2 Å². The van der Waals surface area contributed by atoms with Crippen molar-refractivity contribution >= 4 is 42.6 Å². The van der Waals surface area contributed by atoms with Gasteiger partial charge in [-0.25, -0.2) is 13.4 Å². The molecule has 2 aromatic carbocycles. The van der Waals surface area contributed by atoms with Crippen molar-refractivity contribution in [1.82, 2.24) is 9.29 Å². The minimum Gasteiger partial charge on any atom is -0.298 e. The van der Waals surface area contributed by atoms with E-state index in [9.17, 15) is 13.2 Å². The van der Waals surface area contributed by atoms with E-state index in [1.165, 1.54) is 21.7 Å². The Morgan fingerprint density at radius 2 is 1.82 bits per heavy atom. The summed E-state index contributed by atoms with van der Waals surface area (Å²) in [6.07, 6.45) is 2.72. The molecule has 1 amide bonds. The van der Waals surface area contributed by atoms with Gasteiger partial charge >= 0.3 is 0 Å². The highest BCUT2D eigenvalue weighted by Crippen LogP contribution is 2.29. The molecule has 1 aliphatic rings. The Morgan fingerprint density at radius 3 is 2.57 bits per heavy atom. The van der Waals surface area contributed by atoms with Crippen LogP contribution in [0.2, 0.25) is 0 Å². The van der Waals surface area contributed by atoms with Crippen molar-refractivity contribution in [2.75, 3.05) is 18.4 Å². The summed E-state index contributed by atoms with van der Waals surface area (Å²) in [5, 5.41) is 3.23. The van der Waals surface area contributed by atoms with Crippen LogP contribution in [0.5, 0.6) is 0 Å². The van der Waals surface area contributed by atoms with Gasteiger partial charge in [-0.05, 0) is 43.5 Å². The first-order valence-electron chi connectivity index (χ1n) is 9.23. The molecule has 28 heavy (non-hydrogen) atoms. The zero-order valence-electron chi connectivity index (χ0n) is 15.5. The number of nitrogens with zero attached hydrogens (tertiary/aromatic N) is 2. The SMILES string of the molecule is Cc1cccc2sc(NC(=O)c3ccccc3S(=O)(=O)N3CCCCC3)nc12. The highest BCUT2D eigenvalue weighted by Gasteiger charge is 2.30. The summed E-state index contributed by atoms with van der Waals surface area (Å²) >= 11 is 1.37. The van der Waals surface area contributed by atoms with Gasteiger partial charge in [0.25, 0.3) is 5.91 Å². The minimum absolute atomic E-state index is 0.0479. The molecule has 0 saturated carbocycles. The second-order valence-electron chi connectivity index (χ2n) is 6.86. The van der Waals surface area contributed by atoms with Crippen molar-refractivity contribution < 1.29 is 13.2 Å². The first-order chi connectivity index (χ1) is 13.5. The number of carbonyl (C=O) groups is 1. The maximum absolute atomic E-state index is 13.1. The van der Waals surface area contributed by atoms with Crippen LogP contribution in [0.3, 0.4) is 0 Å². The predicted molar refractivity (Wildman–Crippen MR) is 111 cm³/mol. The van der Waals surface area contributed by atoms with Crippen LogP contribution >= 0.6 is 11.3 Å². The van der Waals surface area contributed by atoms with Crippen molar-refractivity contribution in [3.8, 4) is 0 Å². The number of aromatic nitrogens is 1. The Morgan fingerprint density at radius 1 is 1.07 bits per heavy atom. The van der Waals surface area contributed by atoms with E-state index < -0.39 is 15.9 Å². The Labute approximate surface area is 168 Å².